The minimum Gasteiger partial charge on any atom is -0.388 e. The first-order valence-corrected chi connectivity index (χ1v) is 9.59. The third-order valence-corrected chi connectivity index (χ3v) is 5.76. The summed E-state index contributed by atoms with van der Waals surface area (Å²) in [5.41, 5.74) is 10.5. The first-order chi connectivity index (χ1) is 14.0. The van der Waals surface area contributed by atoms with Crippen LogP contribution in [0.4, 0.5) is 5.82 Å². The molecule has 1 aliphatic carbocycles. The van der Waals surface area contributed by atoms with Gasteiger partial charge in [-0.25, -0.2) is 15.0 Å². The van der Waals surface area contributed by atoms with Crippen LogP contribution in [0.3, 0.4) is 0 Å². The van der Waals surface area contributed by atoms with E-state index in [0.717, 1.165) is 34.3 Å². The summed E-state index contributed by atoms with van der Waals surface area (Å²) >= 11 is 0. The number of nitrogens with two attached hydrogens (primary N) is 1. The monoisotopic (exact) mass is 390 g/mol. The molecule has 1 aliphatic rings. The number of aliphatic hydroxyl groups excluding tert-OH is 2. The number of rotatable bonds is 4. The molecule has 4 N–H and O–H groups in total. The third-order valence-electron chi connectivity index (χ3n) is 5.76. The van der Waals surface area contributed by atoms with Crippen molar-refractivity contribution in [1.82, 2.24) is 23.9 Å². The molecule has 5 rings (SSSR count). The highest BCUT2D eigenvalue weighted by molar-refractivity contribution is 5.86. The summed E-state index contributed by atoms with van der Waals surface area (Å²) in [4.78, 5) is 12.7. The van der Waals surface area contributed by atoms with Crippen LogP contribution in [0.25, 0.3) is 16.7 Å². The molecule has 0 aliphatic heterocycles. The molecule has 0 saturated heterocycles. The number of pyridine rings is 1. The minimum atomic E-state index is -0.936. The van der Waals surface area contributed by atoms with Gasteiger partial charge in [0.05, 0.1) is 11.4 Å². The number of hydrogen-bond donors (Lipinski definition) is 3. The number of nitrogens with zero attached hydrogens (tertiary/aromatic N) is 5. The Morgan fingerprint density at radius 2 is 1.97 bits per heavy atom. The maximum absolute atomic E-state index is 10.7. The highest BCUT2D eigenvalue weighted by Gasteiger charge is 2.36. The van der Waals surface area contributed by atoms with Crippen LogP contribution >= 0.6 is 0 Å². The fourth-order valence-electron chi connectivity index (χ4n) is 4.12. The van der Waals surface area contributed by atoms with Crippen LogP contribution in [0.15, 0.2) is 54.8 Å². The molecule has 0 spiro atoms. The number of nitrogen functional groups attached to an aromatic ring is 1. The van der Waals surface area contributed by atoms with Gasteiger partial charge in [0, 0.05) is 24.3 Å². The number of fused-ring (bicyclic) bond motifs is 2. The van der Waals surface area contributed by atoms with Gasteiger partial charge in [0.15, 0.2) is 0 Å². The SMILES string of the molecule is Cc1cnc2cc(CCC3=CC(n4ccc5c(N)ncnc54)[C@@H](O)C3O)ccn12. The van der Waals surface area contributed by atoms with Crippen molar-refractivity contribution in [3.05, 3.63) is 66.0 Å². The molecule has 8 heteroatoms. The Morgan fingerprint density at radius 1 is 1.10 bits per heavy atom. The van der Waals surface area contributed by atoms with E-state index in [1.54, 1.807) is 0 Å². The Kier molecular flexibility index (Phi) is 4.11. The van der Waals surface area contributed by atoms with Crippen molar-refractivity contribution < 1.29 is 10.2 Å². The lowest BCUT2D eigenvalue weighted by atomic mass is 10.0. The molecule has 8 nitrogen and oxygen atoms in total. The number of anilines is 1. The number of aryl methyl sites for hydroxylation is 2. The summed E-state index contributed by atoms with van der Waals surface area (Å²) in [6.45, 7) is 2.02. The second-order valence-electron chi connectivity index (χ2n) is 7.55. The first kappa shape index (κ1) is 17.8. The summed E-state index contributed by atoms with van der Waals surface area (Å²) in [7, 11) is 0. The van der Waals surface area contributed by atoms with Gasteiger partial charge in [-0.1, -0.05) is 6.08 Å². The number of aliphatic hydroxyl groups is 2. The Bertz CT molecular complexity index is 1240. The lowest BCUT2D eigenvalue weighted by Gasteiger charge is -2.19. The zero-order chi connectivity index (χ0) is 20.1. The minimum absolute atomic E-state index is 0.399. The summed E-state index contributed by atoms with van der Waals surface area (Å²) in [6, 6.07) is 5.56. The van der Waals surface area contributed by atoms with E-state index in [1.807, 2.05) is 46.6 Å². The van der Waals surface area contributed by atoms with Gasteiger partial charge in [0.2, 0.25) is 0 Å². The van der Waals surface area contributed by atoms with Crippen LogP contribution in [0.2, 0.25) is 0 Å². The van der Waals surface area contributed by atoms with E-state index in [4.69, 9.17) is 5.73 Å². The van der Waals surface area contributed by atoms with E-state index in [0.29, 0.717) is 17.9 Å². The Hall–Kier alpha value is -3.23. The van der Waals surface area contributed by atoms with Crippen LogP contribution < -0.4 is 5.73 Å². The van der Waals surface area contributed by atoms with E-state index >= 15 is 0 Å². The largest absolute Gasteiger partial charge is 0.388 e. The van der Waals surface area contributed by atoms with Crippen molar-refractivity contribution in [3.63, 3.8) is 0 Å². The third kappa shape index (κ3) is 2.88. The van der Waals surface area contributed by atoms with Crippen LogP contribution in [0.1, 0.15) is 23.7 Å². The molecule has 0 radical (unpaired) electrons. The van der Waals surface area contributed by atoms with Crippen LogP contribution in [-0.2, 0) is 6.42 Å². The average Bonchev–Trinajstić information content (AvgIpc) is 3.39. The van der Waals surface area contributed by atoms with Gasteiger partial charge in [0.25, 0.3) is 0 Å². The number of hydrogen-bond acceptors (Lipinski definition) is 6. The molecule has 4 heterocycles. The predicted octanol–water partition coefficient (Wildman–Crippen LogP) is 1.81. The molecule has 4 aromatic heterocycles. The average molecular weight is 390 g/mol. The molecule has 2 unspecified atom stereocenters. The summed E-state index contributed by atoms with van der Waals surface area (Å²) in [5, 5.41) is 22.0. The predicted molar refractivity (Wildman–Crippen MR) is 109 cm³/mol. The molecule has 0 fully saturated rings. The first-order valence-electron chi connectivity index (χ1n) is 9.59. The zero-order valence-corrected chi connectivity index (χ0v) is 16.0. The van der Waals surface area contributed by atoms with Crippen molar-refractivity contribution in [3.8, 4) is 0 Å². The molecule has 148 valence electrons. The van der Waals surface area contributed by atoms with Crippen molar-refractivity contribution >= 4 is 22.5 Å². The second-order valence-corrected chi connectivity index (χ2v) is 7.55. The fourth-order valence-corrected chi connectivity index (χ4v) is 4.12. The van der Waals surface area contributed by atoms with E-state index < -0.39 is 18.2 Å². The molecule has 3 atom stereocenters. The van der Waals surface area contributed by atoms with Crippen LogP contribution in [0, 0.1) is 6.92 Å². The van der Waals surface area contributed by atoms with Gasteiger partial charge in [-0.2, -0.15) is 0 Å². The molecular weight excluding hydrogens is 368 g/mol. The van der Waals surface area contributed by atoms with Gasteiger partial charge in [-0.3, -0.25) is 0 Å². The van der Waals surface area contributed by atoms with Crippen molar-refractivity contribution in [2.24, 2.45) is 0 Å². The fraction of sp³-hybridized carbons (Fsp3) is 0.286. The Balaban J connectivity index is 1.40. The highest BCUT2D eigenvalue weighted by Crippen LogP contribution is 2.34. The topological polar surface area (TPSA) is 114 Å². The van der Waals surface area contributed by atoms with Gasteiger partial charge < -0.3 is 24.9 Å². The van der Waals surface area contributed by atoms with Gasteiger partial charge >= 0.3 is 0 Å². The van der Waals surface area contributed by atoms with E-state index in [2.05, 4.69) is 27.1 Å². The number of imidazole rings is 1. The lowest BCUT2D eigenvalue weighted by Crippen LogP contribution is -2.29. The normalized spacial score (nSPS) is 21.9. The molecular formula is C21H22N6O2. The van der Waals surface area contributed by atoms with E-state index in [9.17, 15) is 10.2 Å². The standard InChI is InChI=1S/C21H22N6O2/c1-12-10-23-17-8-13(4-6-26(12)17)2-3-14-9-16(19(29)18(14)28)27-7-5-15-20(22)24-11-25-21(15)27/h4-11,16,18-19,28-29H,2-3H2,1H3,(H2,22,24,25)/t16?,18?,19-/m1/s1. The molecule has 0 saturated carbocycles. The van der Waals surface area contributed by atoms with Gasteiger partial charge in [-0.05, 0) is 49.1 Å². The lowest BCUT2D eigenvalue weighted by molar-refractivity contribution is 0.0317. The smallest absolute Gasteiger partial charge is 0.146 e. The van der Waals surface area contributed by atoms with E-state index in [-0.39, 0.29) is 0 Å². The number of aromatic nitrogens is 5. The Morgan fingerprint density at radius 3 is 2.83 bits per heavy atom. The zero-order valence-electron chi connectivity index (χ0n) is 16.0. The maximum Gasteiger partial charge on any atom is 0.146 e. The molecule has 0 amide bonds. The van der Waals surface area contributed by atoms with Gasteiger partial charge in [0.1, 0.15) is 35.6 Å². The van der Waals surface area contributed by atoms with Crippen molar-refractivity contribution in [1.29, 1.82) is 0 Å². The maximum atomic E-state index is 10.7. The summed E-state index contributed by atoms with van der Waals surface area (Å²) in [5.74, 6) is 0.399. The van der Waals surface area contributed by atoms with Gasteiger partial charge in [-0.15, -0.1) is 0 Å². The molecule has 0 aromatic carbocycles. The quantitative estimate of drug-likeness (QED) is 0.458. The molecule has 0 bridgehead atoms. The van der Waals surface area contributed by atoms with Crippen LogP contribution in [-0.4, -0.2) is 46.3 Å². The molecule has 29 heavy (non-hydrogen) atoms. The molecule has 4 aromatic rings. The second kappa shape index (κ2) is 6.68. The summed E-state index contributed by atoms with van der Waals surface area (Å²) in [6.07, 6.45) is 8.59. The van der Waals surface area contributed by atoms with Crippen LogP contribution in [0.5, 0.6) is 0 Å². The summed E-state index contributed by atoms with van der Waals surface area (Å²) < 4.78 is 3.88. The van der Waals surface area contributed by atoms with Crippen molar-refractivity contribution in [2.75, 3.05) is 5.73 Å². The van der Waals surface area contributed by atoms with E-state index in [1.165, 1.54) is 6.33 Å². The highest BCUT2D eigenvalue weighted by atomic mass is 16.3. The van der Waals surface area contributed by atoms with Crippen molar-refractivity contribution in [2.45, 2.75) is 38.0 Å². The Labute approximate surface area is 167 Å².